The molecule has 1 atom stereocenters. The van der Waals surface area contributed by atoms with Crippen molar-refractivity contribution in [2.45, 2.75) is 77.3 Å². The molecule has 178 valence electrons. The van der Waals surface area contributed by atoms with Gasteiger partial charge in [0.25, 0.3) is 0 Å². The van der Waals surface area contributed by atoms with Gasteiger partial charge in [0.2, 0.25) is 5.91 Å². The number of nitrogens with zero attached hydrogens (tertiary/aromatic N) is 5. The van der Waals surface area contributed by atoms with Crippen LogP contribution in [0.15, 0.2) is 29.5 Å². The van der Waals surface area contributed by atoms with Crippen LogP contribution >= 0.6 is 0 Å². The summed E-state index contributed by atoms with van der Waals surface area (Å²) in [6, 6.07) is 5.22. The number of amides is 1. The highest BCUT2D eigenvalue weighted by molar-refractivity contribution is 5.88. The Morgan fingerprint density at radius 3 is 2.56 bits per heavy atom. The summed E-state index contributed by atoms with van der Waals surface area (Å²) in [5.74, 6) is -1.27. The Balaban J connectivity index is 1.06. The van der Waals surface area contributed by atoms with Crippen LogP contribution in [0.3, 0.4) is 0 Å². The number of carbonyl (C=O) groups excluding carboxylic acids is 1. The van der Waals surface area contributed by atoms with Crippen LogP contribution in [-0.4, -0.2) is 26.9 Å². The first kappa shape index (κ1) is 22.7. The molecular weight excluding hydrogens is 436 g/mol. The lowest BCUT2D eigenvalue weighted by molar-refractivity contribution is -0.220. The SMILES string of the molecule is Cc1cnn(CCCCCCC23CC(C(=O)N4N=CCC4c4cc(F)cc(F)c4)(C2)C3)c1C#N. The highest BCUT2D eigenvalue weighted by atomic mass is 19.1. The van der Waals surface area contributed by atoms with Crippen molar-refractivity contribution in [3.8, 4) is 6.07 Å². The zero-order valence-electron chi connectivity index (χ0n) is 19.4. The number of aryl methyl sites for hydroxylation is 2. The molecule has 1 aromatic heterocycles. The third-order valence-corrected chi connectivity index (χ3v) is 7.86. The minimum absolute atomic E-state index is 0.000562. The van der Waals surface area contributed by atoms with Gasteiger partial charge in [0.05, 0.1) is 17.7 Å². The van der Waals surface area contributed by atoms with E-state index in [9.17, 15) is 18.8 Å². The first-order valence-corrected chi connectivity index (χ1v) is 12.1. The van der Waals surface area contributed by atoms with Gasteiger partial charge in [-0.05, 0) is 62.1 Å². The number of halogens is 2. The van der Waals surface area contributed by atoms with Crippen LogP contribution in [0.4, 0.5) is 8.78 Å². The fraction of sp³-hybridized carbons (Fsp3) is 0.538. The second kappa shape index (κ2) is 8.61. The van der Waals surface area contributed by atoms with Crippen molar-refractivity contribution in [1.29, 1.82) is 5.26 Å². The Bertz CT molecular complexity index is 1140. The van der Waals surface area contributed by atoms with Gasteiger partial charge in [-0.15, -0.1) is 0 Å². The third-order valence-electron chi connectivity index (χ3n) is 7.86. The third kappa shape index (κ3) is 3.91. The number of hydrazone groups is 1. The Morgan fingerprint density at radius 2 is 1.85 bits per heavy atom. The molecule has 0 spiro atoms. The lowest BCUT2D eigenvalue weighted by atomic mass is 9.33. The number of unbranched alkanes of at least 4 members (excludes halogenated alkanes) is 3. The highest BCUT2D eigenvalue weighted by Crippen LogP contribution is 2.76. The lowest BCUT2D eigenvalue weighted by Crippen LogP contribution is -2.67. The maximum absolute atomic E-state index is 13.7. The normalized spacial score (nSPS) is 26.8. The van der Waals surface area contributed by atoms with E-state index in [1.807, 2.05) is 6.92 Å². The Morgan fingerprint density at radius 1 is 1.15 bits per heavy atom. The number of nitriles is 1. The molecule has 0 N–H and O–H groups in total. The van der Waals surface area contributed by atoms with Gasteiger partial charge in [-0.2, -0.15) is 15.5 Å². The molecule has 1 amide bonds. The van der Waals surface area contributed by atoms with E-state index in [2.05, 4.69) is 16.3 Å². The van der Waals surface area contributed by atoms with Crippen molar-refractivity contribution >= 4 is 12.1 Å². The van der Waals surface area contributed by atoms with E-state index < -0.39 is 17.7 Å². The molecule has 2 aromatic rings. The van der Waals surface area contributed by atoms with Crippen LogP contribution in [0.5, 0.6) is 0 Å². The fourth-order valence-corrected chi connectivity index (χ4v) is 6.30. The van der Waals surface area contributed by atoms with Crippen LogP contribution < -0.4 is 0 Å². The Kier molecular flexibility index (Phi) is 5.75. The largest absolute Gasteiger partial charge is 0.272 e. The molecule has 2 heterocycles. The van der Waals surface area contributed by atoms with E-state index in [1.54, 1.807) is 17.1 Å². The average Bonchev–Trinajstić information content (AvgIpc) is 3.36. The zero-order chi connectivity index (χ0) is 23.9. The van der Waals surface area contributed by atoms with Gasteiger partial charge in [0.1, 0.15) is 23.4 Å². The summed E-state index contributed by atoms with van der Waals surface area (Å²) in [6.45, 7) is 2.67. The molecule has 3 fully saturated rings. The minimum atomic E-state index is -0.635. The summed E-state index contributed by atoms with van der Waals surface area (Å²) >= 11 is 0. The van der Waals surface area contributed by atoms with Crippen LogP contribution in [0.25, 0.3) is 0 Å². The van der Waals surface area contributed by atoms with Gasteiger partial charge in [0.15, 0.2) is 0 Å². The summed E-state index contributed by atoms with van der Waals surface area (Å²) in [6.07, 6.45) is 12.1. The number of hydrogen-bond donors (Lipinski definition) is 0. The molecule has 0 saturated heterocycles. The molecule has 6 rings (SSSR count). The van der Waals surface area contributed by atoms with Gasteiger partial charge in [0, 0.05) is 30.8 Å². The molecule has 1 unspecified atom stereocenters. The average molecular weight is 466 g/mol. The molecule has 2 bridgehead atoms. The number of hydrogen-bond acceptors (Lipinski definition) is 4. The standard InChI is InChI=1S/C26H29F2N5O/c1-18-14-31-32(23(18)13-29)9-5-3-2-4-7-25-15-26(16-25,17-25)24(34)33-22(6-8-30-33)19-10-20(27)12-21(28)11-19/h8,10-12,14,22H,2-7,9,15-17H2,1H3. The molecule has 6 nitrogen and oxygen atoms in total. The van der Waals surface area contributed by atoms with E-state index >= 15 is 0 Å². The van der Waals surface area contributed by atoms with E-state index in [4.69, 9.17) is 0 Å². The van der Waals surface area contributed by atoms with E-state index in [-0.39, 0.29) is 16.7 Å². The summed E-state index contributed by atoms with van der Waals surface area (Å²) < 4.78 is 29.2. The van der Waals surface area contributed by atoms with Gasteiger partial charge in [-0.1, -0.05) is 19.3 Å². The predicted octanol–water partition coefficient (Wildman–Crippen LogP) is 5.42. The number of carbonyl (C=O) groups is 1. The predicted molar refractivity (Wildman–Crippen MR) is 123 cm³/mol. The van der Waals surface area contributed by atoms with E-state index in [0.29, 0.717) is 17.7 Å². The second-order valence-electron chi connectivity index (χ2n) is 10.4. The Hall–Kier alpha value is -3.08. The van der Waals surface area contributed by atoms with Crippen molar-refractivity contribution < 1.29 is 13.6 Å². The van der Waals surface area contributed by atoms with Crippen LogP contribution in [0.2, 0.25) is 0 Å². The van der Waals surface area contributed by atoms with Crippen LogP contribution in [0, 0.1) is 40.7 Å². The molecule has 3 aliphatic carbocycles. The zero-order valence-corrected chi connectivity index (χ0v) is 19.4. The first-order chi connectivity index (χ1) is 16.3. The smallest absolute Gasteiger partial charge is 0.249 e. The lowest BCUT2D eigenvalue weighted by Gasteiger charge is -2.70. The number of benzene rings is 1. The maximum atomic E-state index is 13.7. The quantitative estimate of drug-likeness (QED) is 0.464. The van der Waals surface area contributed by atoms with Crippen molar-refractivity contribution in [3.63, 3.8) is 0 Å². The van der Waals surface area contributed by atoms with E-state index in [0.717, 1.165) is 69.5 Å². The van der Waals surface area contributed by atoms with Crippen molar-refractivity contribution in [1.82, 2.24) is 14.8 Å². The van der Waals surface area contributed by atoms with Crippen LogP contribution in [-0.2, 0) is 11.3 Å². The van der Waals surface area contributed by atoms with Crippen LogP contribution in [0.1, 0.15) is 80.7 Å². The number of rotatable bonds is 9. The Labute approximate surface area is 198 Å². The molecule has 3 saturated carbocycles. The van der Waals surface area contributed by atoms with Crippen molar-refractivity contribution in [2.24, 2.45) is 15.9 Å². The molecule has 1 aromatic carbocycles. The molecule has 1 aliphatic heterocycles. The van der Waals surface area contributed by atoms with Gasteiger partial charge in [-0.3, -0.25) is 9.48 Å². The summed E-state index contributed by atoms with van der Waals surface area (Å²) in [5.41, 5.74) is 1.97. The van der Waals surface area contributed by atoms with Crippen molar-refractivity contribution in [3.05, 3.63) is 52.9 Å². The topological polar surface area (TPSA) is 74.3 Å². The molecule has 4 aliphatic rings. The van der Waals surface area contributed by atoms with Gasteiger partial charge < -0.3 is 0 Å². The summed E-state index contributed by atoms with van der Waals surface area (Å²) in [7, 11) is 0. The first-order valence-electron chi connectivity index (χ1n) is 12.1. The highest BCUT2D eigenvalue weighted by Gasteiger charge is 2.71. The van der Waals surface area contributed by atoms with E-state index in [1.165, 1.54) is 17.1 Å². The van der Waals surface area contributed by atoms with Crippen molar-refractivity contribution in [2.75, 3.05) is 0 Å². The molecule has 8 heteroatoms. The van der Waals surface area contributed by atoms with Gasteiger partial charge >= 0.3 is 0 Å². The minimum Gasteiger partial charge on any atom is -0.272 e. The molecular formula is C26H29F2N5O. The second-order valence-corrected chi connectivity index (χ2v) is 10.4. The summed E-state index contributed by atoms with van der Waals surface area (Å²) in [5, 5.41) is 19.2. The maximum Gasteiger partial charge on any atom is 0.249 e. The number of aromatic nitrogens is 2. The monoisotopic (exact) mass is 465 g/mol. The van der Waals surface area contributed by atoms with Gasteiger partial charge in [-0.25, -0.2) is 13.8 Å². The molecule has 0 radical (unpaired) electrons. The fourth-order valence-electron chi connectivity index (χ4n) is 6.30. The molecule has 34 heavy (non-hydrogen) atoms. The summed E-state index contributed by atoms with van der Waals surface area (Å²) in [4.78, 5) is 13.3.